The second-order valence-electron chi connectivity index (χ2n) is 6.47. The first-order chi connectivity index (χ1) is 12.6. The zero-order valence-corrected chi connectivity index (χ0v) is 14.8. The molecule has 0 bridgehead atoms. The van der Waals surface area contributed by atoms with Gasteiger partial charge >= 0.3 is 5.97 Å². The molecule has 0 saturated carbocycles. The van der Waals surface area contributed by atoms with Crippen molar-refractivity contribution < 1.29 is 14.5 Å². The molecule has 136 valence electrons. The van der Waals surface area contributed by atoms with E-state index >= 15 is 0 Å². The second-order valence-corrected chi connectivity index (χ2v) is 6.47. The molecule has 0 aliphatic carbocycles. The first-order valence-corrected chi connectivity index (χ1v) is 8.73. The number of non-ortho nitro benzene ring substituents is 1. The van der Waals surface area contributed by atoms with Crippen LogP contribution in [-0.2, 0) is 22.4 Å². The number of hydrogen-bond acceptors (Lipinski definition) is 5. The fraction of sp³-hybridized carbons (Fsp3) is 0.350. The van der Waals surface area contributed by atoms with Crippen molar-refractivity contribution >= 4 is 17.3 Å². The first-order valence-electron chi connectivity index (χ1n) is 8.73. The van der Waals surface area contributed by atoms with Crippen molar-refractivity contribution in [3.63, 3.8) is 0 Å². The number of hydrogen-bond donors (Lipinski definition) is 0. The number of rotatable bonds is 6. The number of carbonyl (C=O) groups is 1. The molecule has 0 N–H and O–H groups in total. The summed E-state index contributed by atoms with van der Waals surface area (Å²) in [5.41, 5.74) is 3.27. The normalized spacial score (nSPS) is 16.0. The van der Waals surface area contributed by atoms with Gasteiger partial charge in [0.15, 0.2) is 0 Å². The van der Waals surface area contributed by atoms with E-state index in [-0.39, 0.29) is 22.6 Å². The van der Waals surface area contributed by atoms with E-state index in [1.54, 1.807) is 6.07 Å². The van der Waals surface area contributed by atoms with Crippen LogP contribution < -0.4 is 4.90 Å². The van der Waals surface area contributed by atoms with Crippen LogP contribution in [0.15, 0.2) is 48.5 Å². The molecule has 3 rings (SSSR count). The molecule has 0 amide bonds. The Labute approximate surface area is 152 Å². The SMILES string of the molecule is COC(=O)CC1CCc2cc([N+](=O)[O-])ccc2N1CCc1ccccc1. The Morgan fingerprint density at radius 2 is 2.04 bits per heavy atom. The van der Waals surface area contributed by atoms with E-state index in [1.165, 1.54) is 18.7 Å². The predicted octanol–water partition coefficient (Wildman–Crippen LogP) is 3.52. The molecule has 2 aromatic carbocycles. The Hall–Kier alpha value is -2.89. The van der Waals surface area contributed by atoms with E-state index in [0.717, 1.165) is 37.1 Å². The summed E-state index contributed by atoms with van der Waals surface area (Å²) in [5, 5.41) is 11.1. The molecule has 0 saturated heterocycles. The molecule has 0 radical (unpaired) electrons. The zero-order valence-electron chi connectivity index (χ0n) is 14.8. The highest BCUT2D eigenvalue weighted by molar-refractivity contribution is 5.71. The summed E-state index contributed by atoms with van der Waals surface area (Å²) >= 11 is 0. The Bertz CT molecular complexity index is 792. The van der Waals surface area contributed by atoms with Gasteiger partial charge in [-0.05, 0) is 36.5 Å². The number of benzene rings is 2. The fourth-order valence-corrected chi connectivity index (χ4v) is 3.53. The first kappa shape index (κ1) is 17.9. The lowest BCUT2D eigenvalue weighted by molar-refractivity contribution is -0.384. The molecule has 0 fully saturated rings. The van der Waals surface area contributed by atoms with Gasteiger partial charge in [0.1, 0.15) is 0 Å². The quantitative estimate of drug-likeness (QED) is 0.451. The van der Waals surface area contributed by atoms with Crippen LogP contribution in [0.25, 0.3) is 0 Å². The number of nitro benzene ring substituents is 1. The molecule has 0 spiro atoms. The van der Waals surface area contributed by atoms with Crippen LogP contribution >= 0.6 is 0 Å². The van der Waals surface area contributed by atoms with Gasteiger partial charge < -0.3 is 9.64 Å². The van der Waals surface area contributed by atoms with Gasteiger partial charge in [0.2, 0.25) is 0 Å². The highest BCUT2D eigenvalue weighted by Gasteiger charge is 2.29. The number of aryl methyl sites for hydroxylation is 1. The standard InChI is InChI=1S/C20H22N2O4/c1-26-20(23)14-17-8-7-16-13-18(22(24)25)9-10-19(16)21(17)12-11-15-5-3-2-4-6-15/h2-6,9-10,13,17H,7-8,11-12,14H2,1H3. The summed E-state index contributed by atoms with van der Waals surface area (Å²) in [6, 6.07) is 15.2. The summed E-state index contributed by atoms with van der Waals surface area (Å²) in [7, 11) is 1.40. The van der Waals surface area contributed by atoms with Crippen molar-refractivity contribution in [2.45, 2.75) is 31.7 Å². The third-order valence-corrected chi connectivity index (χ3v) is 4.89. The van der Waals surface area contributed by atoms with Crippen LogP contribution in [0.3, 0.4) is 0 Å². The van der Waals surface area contributed by atoms with Gasteiger partial charge in [-0.15, -0.1) is 0 Å². The molecule has 2 aromatic rings. The van der Waals surface area contributed by atoms with Gasteiger partial charge in [-0.1, -0.05) is 30.3 Å². The highest BCUT2D eigenvalue weighted by Crippen LogP contribution is 2.34. The number of methoxy groups -OCH3 is 1. The number of esters is 1. The van der Waals surface area contributed by atoms with Crippen LogP contribution in [0.4, 0.5) is 11.4 Å². The molecular weight excluding hydrogens is 332 g/mol. The zero-order chi connectivity index (χ0) is 18.5. The Morgan fingerprint density at radius 3 is 2.73 bits per heavy atom. The van der Waals surface area contributed by atoms with Crippen molar-refractivity contribution in [2.75, 3.05) is 18.6 Å². The van der Waals surface area contributed by atoms with Crippen molar-refractivity contribution in [1.29, 1.82) is 0 Å². The molecule has 1 heterocycles. The van der Waals surface area contributed by atoms with Gasteiger partial charge in [0, 0.05) is 30.4 Å². The summed E-state index contributed by atoms with van der Waals surface area (Å²) in [6.07, 6.45) is 2.66. The van der Waals surface area contributed by atoms with Gasteiger partial charge in [-0.25, -0.2) is 0 Å². The molecule has 26 heavy (non-hydrogen) atoms. The van der Waals surface area contributed by atoms with Crippen LogP contribution in [-0.4, -0.2) is 30.6 Å². The van der Waals surface area contributed by atoms with E-state index in [1.807, 2.05) is 24.3 Å². The number of nitro groups is 1. The average molecular weight is 354 g/mol. The number of fused-ring (bicyclic) bond motifs is 1. The summed E-state index contributed by atoms with van der Waals surface area (Å²) in [4.78, 5) is 24.7. The lowest BCUT2D eigenvalue weighted by atomic mass is 9.93. The van der Waals surface area contributed by atoms with Crippen LogP contribution in [0.5, 0.6) is 0 Å². The fourth-order valence-electron chi connectivity index (χ4n) is 3.53. The monoisotopic (exact) mass is 354 g/mol. The average Bonchev–Trinajstić information content (AvgIpc) is 2.67. The minimum atomic E-state index is -0.366. The van der Waals surface area contributed by atoms with Crippen molar-refractivity contribution in [3.05, 3.63) is 69.8 Å². The second kappa shape index (κ2) is 7.99. The minimum absolute atomic E-state index is 0.0418. The number of anilines is 1. The summed E-state index contributed by atoms with van der Waals surface area (Å²) in [6.45, 7) is 0.747. The largest absolute Gasteiger partial charge is 0.469 e. The Kier molecular flexibility index (Phi) is 5.51. The van der Waals surface area contributed by atoms with Crippen molar-refractivity contribution in [3.8, 4) is 0 Å². The maximum Gasteiger partial charge on any atom is 0.307 e. The third-order valence-electron chi connectivity index (χ3n) is 4.89. The Balaban J connectivity index is 1.86. The molecule has 6 heteroatoms. The lowest BCUT2D eigenvalue weighted by Crippen LogP contribution is -2.42. The van der Waals surface area contributed by atoms with Gasteiger partial charge in [0.05, 0.1) is 18.5 Å². The van der Waals surface area contributed by atoms with E-state index in [0.29, 0.717) is 6.42 Å². The van der Waals surface area contributed by atoms with Crippen molar-refractivity contribution in [2.24, 2.45) is 0 Å². The minimum Gasteiger partial charge on any atom is -0.469 e. The summed E-state index contributed by atoms with van der Waals surface area (Å²) in [5.74, 6) is -0.231. The van der Waals surface area contributed by atoms with E-state index in [4.69, 9.17) is 4.74 Å². The maximum atomic E-state index is 11.8. The highest BCUT2D eigenvalue weighted by atomic mass is 16.6. The lowest BCUT2D eigenvalue weighted by Gasteiger charge is -2.38. The van der Waals surface area contributed by atoms with Gasteiger partial charge in [-0.3, -0.25) is 14.9 Å². The van der Waals surface area contributed by atoms with E-state index in [9.17, 15) is 14.9 Å². The third kappa shape index (κ3) is 4.02. The van der Waals surface area contributed by atoms with Crippen LogP contribution in [0.2, 0.25) is 0 Å². The Morgan fingerprint density at radius 1 is 1.27 bits per heavy atom. The number of ether oxygens (including phenoxy) is 1. The number of carbonyl (C=O) groups excluding carboxylic acids is 1. The molecule has 1 unspecified atom stereocenters. The van der Waals surface area contributed by atoms with Gasteiger partial charge in [0.25, 0.3) is 5.69 Å². The molecule has 1 aliphatic rings. The molecule has 6 nitrogen and oxygen atoms in total. The van der Waals surface area contributed by atoms with Crippen LogP contribution in [0.1, 0.15) is 24.0 Å². The molecule has 0 aromatic heterocycles. The smallest absolute Gasteiger partial charge is 0.307 e. The maximum absolute atomic E-state index is 11.8. The molecule has 1 atom stereocenters. The van der Waals surface area contributed by atoms with Gasteiger partial charge in [-0.2, -0.15) is 0 Å². The predicted molar refractivity (Wildman–Crippen MR) is 99.3 cm³/mol. The molecule has 1 aliphatic heterocycles. The van der Waals surface area contributed by atoms with Crippen LogP contribution in [0, 0.1) is 10.1 Å². The number of nitrogens with zero attached hydrogens (tertiary/aromatic N) is 2. The summed E-state index contributed by atoms with van der Waals surface area (Å²) < 4.78 is 4.85. The molecular formula is C20H22N2O4. The van der Waals surface area contributed by atoms with Crippen molar-refractivity contribution in [1.82, 2.24) is 0 Å². The van der Waals surface area contributed by atoms with E-state index < -0.39 is 0 Å². The topological polar surface area (TPSA) is 72.7 Å². The van der Waals surface area contributed by atoms with E-state index in [2.05, 4.69) is 17.0 Å².